The summed E-state index contributed by atoms with van der Waals surface area (Å²) in [5.41, 5.74) is 7.21. The van der Waals surface area contributed by atoms with E-state index >= 15 is 0 Å². The first-order valence-electron chi connectivity index (χ1n) is 4.80. The van der Waals surface area contributed by atoms with Crippen LogP contribution in [0.5, 0.6) is 0 Å². The van der Waals surface area contributed by atoms with Crippen molar-refractivity contribution in [2.24, 2.45) is 5.73 Å². The van der Waals surface area contributed by atoms with E-state index in [0.717, 1.165) is 11.4 Å². The Labute approximate surface area is 85.3 Å². The van der Waals surface area contributed by atoms with Crippen LogP contribution in [0, 0.1) is 0 Å². The first kappa shape index (κ1) is 11.1. The summed E-state index contributed by atoms with van der Waals surface area (Å²) in [6.07, 6.45) is 0. The van der Waals surface area contributed by atoms with E-state index < -0.39 is 0 Å². The van der Waals surface area contributed by atoms with Crippen molar-refractivity contribution < 1.29 is 4.74 Å². The zero-order chi connectivity index (χ0) is 10.6. The van der Waals surface area contributed by atoms with Crippen molar-refractivity contribution in [3.63, 3.8) is 0 Å². The minimum Gasteiger partial charge on any atom is -0.370 e. The highest BCUT2D eigenvalue weighted by Gasteiger charge is 2.10. The Hall–Kier alpha value is -0.930. The third-order valence-electron chi connectivity index (χ3n) is 1.73. The van der Waals surface area contributed by atoms with Gasteiger partial charge in [0.1, 0.15) is 0 Å². The normalized spacial score (nSPS) is 11.7. The van der Waals surface area contributed by atoms with E-state index in [1.165, 1.54) is 0 Å². The van der Waals surface area contributed by atoms with E-state index in [4.69, 9.17) is 10.5 Å². The van der Waals surface area contributed by atoms with E-state index in [1.54, 1.807) is 0 Å². The van der Waals surface area contributed by atoms with Crippen LogP contribution in [0.25, 0.3) is 0 Å². The fourth-order valence-corrected chi connectivity index (χ4v) is 1.01. The van der Waals surface area contributed by atoms with Crippen LogP contribution in [-0.2, 0) is 17.9 Å². The maximum atomic E-state index is 5.61. The van der Waals surface area contributed by atoms with Crippen LogP contribution < -0.4 is 5.73 Å². The van der Waals surface area contributed by atoms with Crippen LogP contribution in [0.15, 0.2) is 18.2 Å². The zero-order valence-corrected chi connectivity index (χ0v) is 9.08. The summed E-state index contributed by atoms with van der Waals surface area (Å²) in [4.78, 5) is 4.34. The monoisotopic (exact) mass is 194 g/mol. The van der Waals surface area contributed by atoms with Gasteiger partial charge in [0.05, 0.1) is 23.6 Å². The fraction of sp³-hybridized carbons (Fsp3) is 0.545. The molecule has 2 N–H and O–H groups in total. The fourth-order valence-electron chi connectivity index (χ4n) is 1.01. The number of ether oxygens (including phenoxy) is 1. The highest BCUT2D eigenvalue weighted by Crippen LogP contribution is 2.10. The highest BCUT2D eigenvalue weighted by molar-refractivity contribution is 5.10. The lowest BCUT2D eigenvalue weighted by molar-refractivity contribution is -0.0165. The topological polar surface area (TPSA) is 48.1 Å². The quantitative estimate of drug-likeness (QED) is 0.799. The third kappa shape index (κ3) is 3.85. The van der Waals surface area contributed by atoms with Gasteiger partial charge in [-0.2, -0.15) is 0 Å². The molecule has 1 rings (SSSR count). The van der Waals surface area contributed by atoms with Crippen molar-refractivity contribution >= 4 is 0 Å². The summed E-state index contributed by atoms with van der Waals surface area (Å²) in [7, 11) is 0. The molecular formula is C11H18N2O. The van der Waals surface area contributed by atoms with E-state index in [-0.39, 0.29) is 5.60 Å². The molecule has 0 aliphatic carbocycles. The predicted molar refractivity (Wildman–Crippen MR) is 56.7 cm³/mol. The summed E-state index contributed by atoms with van der Waals surface area (Å²) in [6, 6.07) is 5.82. The molecule has 14 heavy (non-hydrogen) atoms. The van der Waals surface area contributed by atoms with Crippen LogP contribution in [0.4, 0.5) is 0 Å². The molecule has 1 aromatic heterocycles. The van der Waals surface area contributed by atoms with Gasteiger partial charge >= 0.3 is 0 Å². The largest absolute Gasteiger partial charge is 0.370 e. The number of nitrogens with zero attached hydrogens (tertiary/aromatic N) is 1. The SMILES string of the molecule is CC(C)(C)OCc1cccc(CN)n1. The summed E-state index contributed by atoms with van der Waals surface area (Å²) in [5, 5.41) is 0. The van der Waals surface area contributed by atoms with Crippen LogP contribution in [0.1, 0.15) is 32.2 Å². The molecule has 0 unspecified atom stereocenters. The summed E-state index contributed by atoms with van der Waals surface area (Å²) < 4.78 is 5.61. The maximum Gasteiger partial charge on any atom is 0.0895 e. The average molecular weight is 194 g/mol. The summed E-state index contributed by atoms with van der Waals surface area (Å²) in [6.45, 7) is 7.10. The van der Waals surface area contributed by atoms with Crippen LogP contribution >= 0.6 is 0 Å². The first-order valence-corrected chi connectivity index (χ1v) is 4.80. The van der Waals surface area contributed by atoms with Gasteiger partial charge in [0.2, 0.25) is 0 Å². The molecule has 0 amide bonds. The standard InChI is InChI=1S/C11H18N2O/c1-11(2,3)14-8-10-6-4-5-9(7-12)13-10/h4-6H,7-8,12H2,1-3H3. The lowest BCUT2D eigenvalue weighted by Gasteiger charge is -2.19. The molecule has 0 fully saturated rings. The summed E-state index contributed by atoms with van der Waals surface area (Å²) >= 11 is 0. The van der Waals surface area contributed by atoms with Crippen molar-refractivity contribution in [1.29, 1.82) is 0 Å². The molecule has 0 bridgehead atoms. The Bertz CT molecular complexity index is 292. The Kier molecular flexibility index (Phi) is 3.61. The lowest BCUT2D eigenvalue weighted by Crippen LogP contribution is -2.19. The van der Waals surface area contributed by atoms with Crippen molar-refractivity contribution in [3.05, 3.63) is 29.6 Å². The van der Waals surface area contributed by atoms with Gasteiger partial charge in [0.25, 0.3) is 0 Å². The molecule has 1 heterocycles. The van der Waals surface area contributed by atoms with Gasteiger partial charge in [-0.15, -0.1) is 0 Å². The van der Waals surface area contributed by atoms with Crippen molar-refractivity contribution in [2.45, 2.75) is 39.5 Å². The number of nitrogens with two attached hydrogens (primary N) is 1. The van der Waals surface area contributed by atoms with E-state index in [2.05, 4.69) is 4.98 Å². The second-order valence-corrected chi connectivity index (χ2v) is 4.23. The third-order valence-corrected chi connectivity index (χ3v) is 1.73. The number of hydrogen-bond donors (Lipinski definition) is 1. The molecule has 78 valence electrons. The van der Waals surface area contributed by atoms with Gasteiger partial charge in [0.15, 0.2) is 0 Å². The van der Waals surface area contributed by atoms with Crippen molar-refractivity contribution in [3.8, 4) is 0 Å². The Morgan fingerprint density at radius 1 is 1.29 bits per heavy atom. The second-order valence-electron chi connectivity index (χ2n) is 4.23. The molecule has 0 atom stereocenters. The van der Waals surface area contributed by atoms with Crippen LogP contribution in [0.2, 0.25) is 0 Å². The van der Waals surface area contributed by atoms with E-state index in [0.29, 0.717) is 13.2 Å². The number of hydrogen-bond acceptors (Lipinski definition) is 3. The molecule has 0 spiro atoms. The number of rotatable bonds is 3. The van der Waals surface area contributed by atoms with Crippen LogP contribution in [-0.4, -0.2) is 10.6 Å². The molecule has 0 saturated carbocycles. The predicted octanol–water partition coefficient (Wildman–Crippen LogP) is 1.86. The molecule has 0 aromatic carbocycles. The van der Waals surface area contributed by atoms with Gasteiger partial charge in [-0.05, 0) is 32.9 Å². The van der Waals surface area contributed by atoms with Gasteiger partial charge in [0, 0.05) is 6.54 Å². The molecule has 0 saturated heterocycles. The van der Waals surface area contributed by atoms with Crippen molar-refractivity contribution in [2.75, 3.05) is 0 Å². The van der Waals surface area contributed by atoms with Gasteiger partial charge in [-0.25, -0.2) is 0 Å². The van der Waals surface area contributed by atoms with E-state index in [9.17, 15) is 0 Å². The lowest BCUT2D eigenvalue weighted by atomic mass is 10.2. The minimum atomic E-state index is -0.125. The van der Waals surface area contributed by atoms with Crippen molar-refractivity contribution in [1.82, 2.24) is 4.98 Å². The molecule has 0 aliphatic rings. The zero-order valence-electron chi connectivity index (χ0n) is 9.08. The Balaban J connectivity index is 2.59. The smallest absolute Gasteiger partial charge is 0.0895 e. The van der Waals surface area contributed by atoms with E-state index in [1.807, 2.05) is 39.0 Å². The highest BCUT2D eigenvalue weighted by atomic mass is 16.5. The average Bonchev–Trinajstić information content (AvgIpc) is 2.14. The molecule has 1 aromatic rings. The molecule has 3 nitrogen and oxygen atoms in total. The Morgan fingerprint density at radius 2 is 1.93 bits per heavy atom. The van der Waals surface area contributed by atoms with Crippen LogP contribution in [0.3, 0.4) is 0 Å². The number of pyridine rings is 1. The number of aromatic nitrogens is 1. The minimum absolute atomic E-state index is 0.125. The first-order chi connectivity index (χ1) is 6.51. The Morgan fingerprint density at radius 3 is 2.50 bits per heavy atom. The summed E-state index contributed by atoms with van der Waals surface area (Å²) in [5.74, 6) is 0. The maximum absolute atomic E-state index is 5.61. The second kappa shape index (κ2) is 4.53. The molecular weight excluding hydrogens is 176 g/mol. The molecule has 0 radical (unpaired) electrons. The van der Waals surface area contributed by atoms with Gasteiger partial charge in [-0.3, -0.25) is 4.98 Å². The molecule has 3 heteroatoms. The molecule has 0 aliphatic heterocycles. The van der Waals surface area contributed by atoms with Gasteiger partial charge in [-0.1, -0.05) is 6.07 Å². The van der Waals surface area contributed by atoms with Gasteiger partial charge < -0.3 is 10.5 Å².